The van der Waals surface area contributed by atoms with Gasteiger partial charge in [-0.05, 0) is 53.8 Å². The number of rotatable bonds is 6. The lowest BCUT2D eigenvalue weighted by Gasteiger charge is -2.08. The van der Waals surface area contributed by atoms with E-state index in [1.54, 1.807) is 0 Å². The molecule has 0 bridgehead atoms. The molecule has 0 atom stereocenters. The first kappa shape index (κ1) is 19.4. The normalized spacial score (nSPS) is 10.7. The summed E-state index contributed by atoms with van der Waals surface area (Å²) in [6, 6.07) is 15.7. The molecule has 2 aromatic carbocycles. The molecule has 1 N–H and O–H groups in total. The van der Waals surface area contributed by atoms with Crippen molar-refractivity contribution in [3.8, 4) is 11.4 Å². The number of para-hydroxylation sites is 1. The molecule has 5 nitrogen and oxygen atoms in total. The minimum absolute atomic E-state index is 0.0602. The average molecular weight is 543 g/mol. The van der Waals surface area contributed by atoms with Crippen molar-refractivity contribution in [3.05, 3.63) is 56.6 Å². The number of aromatic nitrogens is 3. The Morgan fingerprint density at radius 2 is 1.92 bits per heavy atom. The molecular weight excluding hydrogens is 527 g/mol. The highest BCUT2D eigenvalue weighted by atomic mass is 127. The van der Waals surface area contributed by atoms with Crippen molar-refractivity contribution < 1.29 is 4.79 Å². The quantitative estimate of drug-likeness (QED) is 0.349. The molecule has 1 heterocycles. The average Bonchev–Trinajstić information content (AvgIpc) is 3.05. The van der Waals surface area contributed by atoms with Crippen LogP contribution in [0.25, 0.3) is 11.4 Å². The fourth-order valence-corrected chi connectivity index (χ4v) is 3.96. The molecule has 0 saturated carbocycles. The second-order valence-electron chi connectivity index (χ2n) is 5.37. The lowest BCUT2D eigenvalue weighted by Crippen LogP contribution is -2.15. The first-order valence-electron chi connectivity index (χ1n) is 7.94. The van der Waals surface area contributed by atoms with Gasteiger partial charge < -0.3 is 9.88 Å². The highest BCUT2D eigenvalue weighted by Crippen LogP contribution is 2.25. The van der Waals surface area contributed by atoms with Crippen molar-refractivity contribution in [1.29, 1.82) is 0 Å². The number of hydrogen-bond acceptors (Lipinski definition) is 4. The Morgan fingerprint density at radius 1 is 1.19 bits per heavy atom. The van der Waals surface area contributed by atoms with E-state index in [9.17, 15) is 4.79 Å². The Labute approximate surface area is 178 Å². The highest BCUT2D eigenvalue weighted by molar-refractivity contribution is 14.1. The first-order chi connectivity index (χ1) is 12.6. The number of nitrogens with one attached hydrogen (secondary N) is 1. The first-order valence-corrected chi connectivity index (χ1v) is 10.8. The van der Waals surface area contributed by atoms with E-state index in [2.05, 4.69) is 54.0 Å². The fraction of sp³-hybridized carbons (Fsp3) is 0.167. The van der Waals surface area contributed by atoms with Crippen molar-refractivity contribution in [3.63, 3.8) is 0 Å². The number of halogens is 2. The SMILES string of the molecule is CCn1c(SCC(=O)Nc2ccccc2I)nnc1-c1ccc(Br)cc1. The van der Waals surface area contributed by atoms with Crippen LogP contribution in [0.1, 0.15) is 6.92 Å². The Hall–Kier alpha value is -1.39. The van der Waals surface area contributed by atoms with Gasteiger partial charge in [0.1, 0.15) is 0 Å². The Morgan fingerprint density at radius 3 is 2.62 bits per heavy atom. The van der Waals surface area contributed by atoms with Crippen LogP contribution in [0.4, 0.5) is 5.69 Å². The summed E-state index contributed by atoms with van der Waals surface area (Å²) in [4.78, 5) is 12.3. The van der Waals surface area contributed by atoms with Crippen LogP contribution in [0.2, 0.25) is 0 Å². The zero-order valence-corrected chi connectivity index (χ0v) is 18.5. The van der Waals surface area contributed by atoms with Gasteiger partial charge in [-0.15, -0.1) is 10.2 Å². The Balaban J connectivity index is 1.69. The number of hydrogen-bond donors (Lipinski definition) is 1. The number of amides is 1. The molecule has 0 unspecified atom stereocenters. The third-order valence-corrected chi connectivity index (χ3v) is 6.05. The summed E-state index contributed by atoms with van der Waals surface area (Å²) in [7, 11) is 0. The van der Waals surface area contributed by atoms with Gasteiger partial charge in [0.25, 0.3) is 0 Å². The number of nitrogens with zero attached hydrogens (tertiary/aromatic N) is 3. The number of carbonyl (C=O) groups is 1. The molecule has 1 aromatic heterocycles. The van der Waals surface area contributed by atoms with Crippen LogP contribution in [0, 0.1) is 3.57 Å². The van der Waals surface area contributed by atoms with E-state index in [0.29, 0.717) is 0 Å². The van der Waals surface area contributed by atoms with Gasteiger partial charge in [-0.1, -0.05) is 52.0 Å². The largest absolute Gasteiger partial charge is 0.324 e. The molecular formula is C18H16BrIN4OS. The Bertz CT molecular complexity index is 914. The summed E-state index contributed by atoms with van der Waals surface area (Å²) in [5.74, 6) is 1.03. The third kappa shape index (κ3) is 4.66. The predicted molar refractivity (Wildman–Crippen MR) is 117 cm³/mol. The van der Waals surface area contributed by atoms with Crippen molar-refractivity contribution in [2.75, 3.05) is 11.1 Å². The topological polar surface area (TPSA) is 59.8 Å². The molecule has 0 spiro atoms. The number of carbonyl (C=O) groups excluding carboxylic acids is 1. The van der Waals surface area contributed by atoms with E-state index >= 15 is 0 Å². The predicted octanol–water partition coefficient (Wildman–Crippen LogP) is 5.06. The number of thioether (sulfide) groups is 1. The van der Waals surface area contributed by atoms with Crippen LogP contribution in [-0.4, -0.2) is 26.4 Å². The minimum Gasteiger partial charge on any atom is -0.324 e. The van der Waals surface area contributed by atoms with Crippen LogP contribution in [0.3, 0.4) is 0 Å². The summed E-state index contributed by atoms with van der Waals surface area (Å²) < 4.78 is 4.05. The molecule has 3 aromatic rings. The summed E-state index contributed by atoms with van der Waals surface area (Å²) >= 11 is 7.03. The van der Waals surface area contributed by atoms with Crippen LogP contribution >= 0.6 is 50.3 Å². The zero-order valence-electron chi connectivity index (χ0n) is 13.9. The third-order valence-electron chi connectivity index (χ3n) is 3.62. The monoisotopic (exact) mass is 542 g/mol. The van der Waals surface area contributed by atoms with Gasteiger partial charge in [0.2, 0.25) is 5.91 Å². The van der Waals surface area contributed by atoms with Crippen molar-refractivity contribution in [2.45, 2.75) is 18.6 Å². The van der Waals surface area contributed by atoms with Crippen LogP contribution in [-0.2, 0) is 11.3 Å². The standard InChI is InChI=1S/C18H16BrIN4OS/c1-2-24-17(12-7-9-13(19)10-8-12)22-23-18(24)26-11-16(25)21-15-6-4-3-5-14(15)20/h3-10H,2,11H2,1H3,(H,21,25). The van der Waals surface area contributed by atoms with Gasteiger partial charge in [-0.3, -0.25) is 4.79 Å². The highest BCUT2D eigenvalue weighted by Gasteiger charge is 2.15. The number of anilines is 1. The summed E-state index contributed by atoms with van der Waals surface area (Å²) in [5, 5.41) is 12.2. The zero-order chi connectivity index (χ0) is 18.5. The smallest absolute Gasteiger partial charge is 0.234 e. The van der Waals surface area contributed by atoms with Crippen LogP contribution in [0.15, 0.2) is 58.2 Å². The lowest BCUT2D eigenvalue weighted by molar-refractivity contribution is -0.113. The van der Waals surface area contributed by atoms with Crippen LogP contribution in [0.5, 0.6) is 0 Å². The summed E-state index contributed by atoms with van der Waals surface area (Å²) in [5.41, 5.74) is 1.82. The Kier molecular flexibility index (Phi) is 6.71. The second kappa shape index (κ2) is 9.01. The molecule has 0 fully saturated rings. The van der Waals surface area contributed by atoms with E-state index in [0.717, 1.165) is 36.8 Å². The molecule has 3 rings (SSSR count). The maximum Gasteiger partial charge on any atom is 0.234 e. The lowest BCUT2D eigenvalue weighted by atomic mass is 10.2. The van der Waals surface area contributed by atoms with Gasteiger partial charge in [0, 0.05) is 20.2 Å². The van der Waals surface area contributed by atoms with Gasteiger partial charge in [0.05, 0.1) is 11.4 Å². The summed E-state index contributed by atoms with van der Waals surface area (Å²) in [6.07, 6.45) is 0. The second-order valence-corrected chi connectivity index (χ2v) is 8.39. The van der Waals surface area contributed by atoms with Gasteiger partial charge >= 0.3 is 0 Å². The molecule has 0 aliphatic heterocycles. The van der Waals surface area contributed by atoms with Gasteiger partial charge in [0.15, 0.2) is 11.0 Å². The molecule has 0 saturated heterocycles. The van der Waals surface area contributed by atoms with E-state index in [1.807, 2.05) is 60.0 Å². The van der Waals surface area contributed by atoms with Gasteiger partial charge in [-0.25, -0.2) is 0 Å². The van der Waals surface area contributed by atoms with E-state index in [4.69, 9.17) is 0 Å². The molecule has 134 valence electrons. The van der Waals surface area contributed by atoms with Crippen molar-refractivity contribution in [2.24, 2.45) is 0 Å². The molecule has 0 aliphatic carbocycles. The minimum atomic E-state index is -0.0602. The fourth-order valence-electron chi connectivity index (χ4n) is 2.37. The molecule has 26 heavy (non-hydrogen) atoms. The van der Waals surface area contributed by atoms with Gasteiger partial charge in [-0.2, -0.15) is 0 Å². The summed E-state index contributed by atoms with van der Waals surface area (Å²) in [6.45, 7) is 2.78. The van der Waals surface area contributed by atoms with E-state index in [1.165, 1.54) is 11.8 Å². The van der Waals surface area contributed by atoms with Crippen molar-refractivity contribution >= 4 is 61.9 Å². The molecule has 0 radical (unpaired) electrons. The maximum absolute atomic E-state index is 12.3. The number of benzene rings is 2. The van der Waals surface area contributed by atoms with E-state index < -0.39 is 0 Å². The van der Waals surface area contributed by atoms with Crippen LogP contribution < -0.4 is 5.32 Å². The molecule has 8 heteroatoms. The van der Waals surface area contributed by atoms with Crippen molar-refractivity contribution in [1.82, 2.24) is 14.8 Å². The van der Waals surface area contributed by atoms with E-state index in [-0.39, 0.29) is 11.7 Å². The molecule has 1 amide bonds. The molecule has 0 aliphatic rings. The maximum atomic E-state index is 12.3.